The summed E-state index contributed by atoms with van der Waals surface area (Å²) < 4.78 is 0. The molecule has 0 unspecified atom stereocenters. The van der Waals surface area contributed by atoms with E-state index in [-0.39, 0.29) is 0 Å². The molecule has 0 bridgehead atoms. The molecule has 0 aliphatic carbocycles. The Morgan fingerprint density at radius 2 is 0.420 bits per heavy atom. The molecule has 0 radical (unpaired) electrons. The Morgan fingerprint density at radius 1 is 0.140 bits per heavy atom. The molecule has 0 atom stereocenters. The van der Waals surface area contributed by atoms with E-state index in [1.165, 1.54) is 0 Å². The molecule has 0 spiro atoms. The molecule has 18 rings (SSSR count). The van der Waals surface area contributed by atoms with Gasteiger partial charge in [-0.3, -0.25) is 0 Å². The zero-order valence-corrected chi connectivity index (χ0v) is 53.6. The third-order valence-corrected chi connectivity index (χ3v) is 17.5. The Kier molecular flexibility index (Phi) is 16.0. The maximum atomic E-state index is 5.03. The molecule has 0 aliphatic rings. The van der Waals surface area contributed by atoms with Gasteiger partial charge in [0.25, 0.3) is 0 Å². The van der Waals surface area contributed by atoms with Crippen LogP contribution in [0.1, 0.15) is 0 Å². The number of fused-ring (bicyclic) bond motifs is 4. The van der Waals surface area contributed by atoms with E-state index in [0.717, 1.165) is 145 Å². The molecule has 18 aromatic rings. The quantitative estimate of drug-likeness (QED) is 0.113. The van der Waals surface area contributed by atoms with Crippen LogP contribution in [0.4, 0.5) is 0 Å². The summed E-state index contributed by atoms with van der Waals surface area (Å²) in [6.07, 6.45) is 6.93. The minimum Gasteiger partial charge on any atom is -0.248 e. The van der Waals surface area contributed by atoms with E-state index in [0.29, 0.717) is 34.9 Å². The number of aromatic nitrogens is 13. The molecular formula is C87H55N13. The molecular weight excluding hydrogens is 1230 g/mol. The summed E-state index contributed by atoms with van der Waals surface area (Å²) in [6.45, 7) is 0. The average Bonchev–Trinajstić information content (AvgIpc) is 0.802. The molecule has 8 heterocycles. The maximum absolute atomic E-state index is 5.03. The highest BCUT2D eigenvalue weighted by molar-refractivity contribution is 5.92. The van der Waals surface area contributed by atoms with Gasteiger partial charge in [0.1, 0.15) is 11.4 Å². The zero-order chi connectivity index (χ0) is 66.6. The third-order valence-electron chi connectivity index (χ3n) is 17.5. The SMILES string of the molecule is c1ccc(-c2cc(-c3ccc(-c4ccc5cc(-c6ccc7ccc(-c8ncccn8)nc7c6)ccc5n4)cc3)nc(-c3ccccc3)n2)cc1.c1ccc(-c2nc(-c3ccccc3)nc(-c3ccc(-c4ccc5cc(-c6ccc7ccc(-c8ncccn8)nc7c6)ccc5n4)cc3)n2)cc1. The predicted molar refractivity (Wildman–Crippen MR) is 399 cm³/mol. The van der Waals surface area contributed by atoms with Crippen LogP contribution in [0.3, 0.4) is 0 Å². The van der Waals surface area contributed by atoms with Crippen LogP contribution in [-0.2, 0) is 0 Å². The average molecular weight is 1280 g/mol. The van der Waals surface area contributed by atoms with Gasteiger partial charge >= 0.3 is 0 Å². The van der Waals surface area contributed by atoms with Gasteiger partial charge in [-0.25, -0.2) is 64.8 Å². The fourth-order valence-electron chi connectivity index (χ4n) is 12.2. The lowest BCUT2D eigenvalue weighted by Gasteiger charge is -2.10. The van der Waals surface area contributed by atoms with Gasteiger partial charge in [-0.1, -0.05) is 231 Å². The number of benzene rings is 10. The fourth-order valence-corrected chi connectivity index (χ4v) is 12.2. The Morgan fingerprint density at radius 3 is 0.830 bits per heavy atom. The van der Waals surface area contributed by atoms with Crippen LogP contribution in [-0.4, -0.2) is 64.8 Å². The highest BCUT2D eigenvalue weighted by atomic mass is 15.0. The smallest absolute Gasteiger partial charge is 0.178 e. The molecule has 8 aromatic heterocycles. The second-order valence-corrected chi connectivity index (χ2v) is 23.9. The molecule has 10 aromatic carbocycles. The van der Waals surface area contributed by atoms with E-state index in [1.54, 1.807) is 36.9 Å². The lowest BCUT2D eigenvalue weighted by molar-refractivity contribution is 1.07. The van der Waals surface area contributed by atoms with Gasteiger partial charge in [0.15, 0.2) is 34.9 Å². The van der Waals surface area contributed by atoms with E-state index < -0.39 is 0 Å². The summed E-state index contributed by atoms with van der Waals surface area (Å²) in [5, 5.41) is 4.27. The first kappa shape index (κ1) is 59.8. The van der Waals surface area contributed by atoms with Gasteiger partial charge < -0.3 is 0 Å². The van der Waals surface area contributed by atoms with Crippen molar-refractivity contribution in [3.05, 3.63) is 334 Å². The van der Waals surface area contributed by atoms with Crippen LogP contribution >= 0.6 is 0 Å². The van der Waals surface area contributed by atoms with Gasteiger partial charge in [0.2, 0.25) is 0 Å². The summed E-state index contributed by atoms with van der Waals surface area (Å²) in [6, 6.07) is 105. The first-order valence-corrected chi connectivity index (χ1v) is 32.7. The fraction of sp³-hybridized carbons (Fsp3) is 0. The van der Waals surface area contributed by atoms with Crippen molar-refractivity contribution in [2.75, 3.05) is 0 Å². The van der Waals surface area contributed by atoms with Gasteiger partial charge in [-0.15, -0.1) is 0 Å². The summed E-state index contributed by atoms with van der Waals surface area (Å²) in [5.41, 5.74) is 21.0. The standard InChI is InChI=1S/C44H28N6.C43H27N7/c1-3-8-29(9-4-1)41-28-42(50-43(49-41)33-10-5-2-6-11-33)31-14-12-30(13-15-31)37-22-20-36-26-34(19-21-38(36)47-37)35-17-16-32-18-23-39(48-40(32)27-35)44-45-24-7-25-46-44;1-3-8-30(9-4-1)40-48-41(31-10-5-2-6-11-31)50-42(49-40)32-15-12-28(13-16-32)36-22-20-35-26-33(19-21-37(35)46-36)34-17-14-29-18-23-38(47-39(29)27-34)43-44-24-7-25-45-43/h1-28H;1-27H. The molecule has 0 saturated heterocycles. The van der Waals surface area contributed by atoms with Crippen molar-refractivity contribution in [1.82, 2.24) is 64.8 Å². The molecule has 0 aliphatic heterocycles. The highest BCUT2D eigenvalue weighted by Gasteiger charge is 2.16. The number of hydrogen-bond donors (Lipinski definition) is 0. The van der Waals surface area contributed by atoms with Gasteiger partial charge in [0, 0.05) is 90.8 Å². The molecule has 0 fully saturated rings. The molecule has 0 saturated carbocycles. The van der Waals surface area contributed by atoms with E-state index in [2.05, 4.69) is 184 Å². The molecule has 468 valence electrons. The number of nitrogens with zero attached hydrogens (tertiary/aromatic N) is 13. The summed E-state index contributed by atoms with van der Waals surface area (Å²) in [4.78, 5) is 61.6. The highest BCUT2D eigenvalue weighted by Crippen LogP contribution is 2.35. The van der Waals surface area contributed by atoms with E-state index >= 15 is 0 Å². The predicted octanol–water partition coefficient (Wildman–Crippen LogP) is 20.1. The lowest BCUT2D eigenvalue weighted by atomic mass is 10.0. The van der Waals surface area contributed by atoms with Crippen LogP contribution in [0.25, 0.3) is 179 Å². The number of rotatable bonds is 12. The number of hydrogen-bond acceptors (Lipinski definition) is 13. The second-order valence-electron chi connectivity index (χ2n) is 23.9. The maximum Gasteiger partial charge on any atom is 0.178 e. The van der Waals surface area contributed by atoms with E-state index in [9.17, 15) is 0 Å². The Labute approximate surface area is 575 Å². The summed E-state index contributed by atoms with van der Waals surface area (Å²) in [7, 11) is 0. The minimum absolute atomic E-state index is 0.613. The Balaban J connectivity index is 0.000000150. The van der Waals surface area contributed by atoms with E-state index in [4.69, 9.17) is 44.9 Å². The van der Waals surface area contributed by atoms with E-state index in [1.807, 2.05) is 133 Å². The topological polar surface area (TPSA) is 168 Å². The van der Waals surface area contributed by atoms with Crippen LogP contribution in [0, 0.1) is 0 Å². The Bertz CT molecular complexity index is 5510. The van der Waals surface area contributed by atoms with Crippen LogP contribution in [0.5, 0.6) is 0 Å². The minimum atomic E-state index is 0.613. The monoisotopic (exact) mass is 1280 g/mol. The third kappa shape index (κ3) is 12.7. The van der Waals surface area contributed by atoms with Crippen LogP contribution < -0.4 is 0 Å². The molecule has 13 nitrogen and oxygen atoms in total. The molecule has 13 heteroatoms. The second kappa shape index (κ2) is 26.7. The van der Waals surface area contributed by atoms with Crippen molar-refractivity contribution in [2.45, 2.75) is 0 Å². The van der Waals surface area contributed by atoms with Gasteiger partial charge in [-0.05, 0) is 101 Å². The molecule has 0 N–H and O–H groups in total. The van der Waals surface area contributed by atoms with Crippen molar-refractivity contribution in [2.24, 2.45) is 0 Å². The summed E-state index contributed by atoms with van der Waals surface area (Å²) in [5.74, 6) is 3.83. The van der Waals surface area contributed by atoms with Crippen LogP contribution in [0.15, 0.2) is 334 Å². The van der Waals surface area contributed by atoms with Crippen molar-refractivity contribution >= 4 is 43.6 Å². The largest absolute Gasteiger partial charge is 0.248 e. The van der Waals surface area contributed by atoms with Crippen molar-refractivity contribution < 1.29 is 0 Å². The molecule has 100 heavy (non-hydrogen) atoms. The van der Waals surface area contributed by atoms with Crippen molar-refractivity contribution in [3.63, 3.8) is 0 Å². The van der Waals surface area contributed by atoms with Crippen LogP contribution in [0.2, 0.25) is 0 Å². The summed E-state index contributed by atoms with van der Waals surface area (Å²) >= 11 is 0. The van der Waals surface area contributed by atoms with Crippen molar-refractivity contribution in [1.29, 1.82) is 0 Å². The molecule has 0 amide bonds. The van der Waals surface area contributed by atoms with Crippen molar-refractivity contribution in [3.8, 4) is 136 Å². The van der Waals surface area contributed by atoms with Gasteiger partial charge in [-0.2, -0.15) is 0 Å². The lowest BCUT2D eigenvalue weighted by Crippen LogP contribution is -2.00. The zero-order valence-electron chi connectivity index (χ0n) is 53.6. The normalized spacial score (nSPS) is 11.2. The first-order chi connectivity index (χ1) is 49.5. The first-order valence-electron chi connectivity index (χ1n) is 32.7. The Hall–Kier alpha value is -13.9. The van der Waals surface area contributed by atoms with Gasteiger partial charge in [0.05, 0.1) is 44.8 Å². The number of pyridine rings is 4.